The van der Waals surface area contributed by atoms with E-state index in [-0.39, 0.29) is 16.9 Å². The van der Waals surface area contributed by atoms with Crippen LogP contribution in [0.1, 0.15) is 41.5 Å². The molecule has 2 rings (SSSR count). The first-order valence-electron chi connectivity index (χ1n) is 6.25. The SMILES string of the molecule is CC(C)(C)C1=CC2N=C(C(C)(C)C)C=CC2=N1. The van der Waals surface area contributed by atoms with Crippen molar-refractivity contribution < 1.29 is 0 Å². The number of aliphatic imine (C=N–C) groups is 2. The van der Waals surface area contributed by atoms with Crippen LogP contribution in [0.25, 0.3) is 0 Å². The van der Waals surface area contributed by atoms with E-state index in [4.69, 9.17) is 4.99 Å². The van der Waals surface area contributed by atoms with Crippen LogP contribution in [0.4, 0.5) is 0 Å². The minimum Gasteiger partial charge on any atom is -0.275 e. The standard InChI is InChI=1S/C15H22N2/c1-14(2,3)12-8-7-10-11(17-12)9-13(16-10)15(4,5)6/h7-9,11H,1-6H3. The molecule has 2 heteroatoms. The summed E-state index contributed by atoms with van der Waals surface area (Å²) in [5.41, 5.74) is 3.62. The van der Waals surface area contributed by atoms with Crippen molar-refractivity contribution in [2.75, 3.05) is 0 Å². The Hall–Kier alpha value is -1.18. The van der Waals surface area contributed by atoms with E-state index in [9.17, 15) is 0 Å². The lowest BCUT2D eigenvalue weighted by Gasteiger charge is -2.23. The quantitative estimate of drug-likeness (QED) is 0.605. The van der Waals surface area contributed by atoms with Gasteiger partial charge in [0.05, 0.1) is 5.71 Å². The number of fused-ring (bicyclic) bond motifs is 1. The van der Waals surface area contributed by atoms with Crippen molar-refractivity contribution in [1.82, 2.24) is 0 Å². The van der Waals surface area contributed by atoms with Gasteiger partial charge in [-0.2, -0.15) is 0 Å². The molecule has 1 unspecified atom stereocenters. The van der Waals surface area contributed by atoms with Gasteiger partial charge >= 0.3 is 0 Å². The fourth-order valence-corrected chi connectivity index (χ4v) is 1.94. The second-order valence-electron chi connectivity index (χ2n) is 6.88. The first-order chi connectivity index (χ1) is 7.68. The Morgan fingerprint density at radius 2 is 1.59 bits per heavy atom. The molecule has 0 radical (unpaired) electrons. The summed E-state index contributed by atoms with van der Waals surface area (Å²) in [5, 5.41) is 0. The van der Waals surface area contributed by atoms with Crippen LogP contribution in [0.15, 0.2) is 33.9 Å². The van der Waals surface area contributed by atoms with Crippen LogP contribution in [0.3, 0.4) is 0 Å². The van der Waals surface area contributed by atoms with Gasteiger partial charge in [0.2, 0.25) is 0 Å². The van der Waals surface area contributed by atoms with Crippen molar-refractivity contribution in [3.05, 3.63) is 23.9 Å². The molecule has 0 saturated carbocycles. The van der Waals surface area contributed by atoms with Gasteiger partial charge in [0.25, 0.3) is 0 Å². The van der Waals surface area contributed by atoms with E-state index in [1.165, 1.54) is 0 Å². The van der Waals surface area contributed by atoms with Crippen molar-refractivity contribution in [1.29, 1.82) is 0 Å². The van der Waals surface area contributed by atoms with E-state index >= 15 is 0 Å². The summed E-state index contributed by atoms with van der Waals surface area (Å²) >= 11 is 0. The van der Waals surface area contributed by atoms with Crippen molar-refractivity contribution >= 4 is 11.4 Å². The summed E-state index contributed by atoms with van der Waals surface area (Å²) in [7, 11) is 0. The monoisotopic (exact) mass is 230 g/mol. The fourth-order valence-electron chi connectivity index (χ4n) is 1.94. The zero-order valence-electron chi connectivity index (χ0n) is 11.7. The number of hydrogen-bond acceptors (Lipinski definition) is 2. The Balaban J connectivity index is 2.33. The highest BCUT2D eigenvalue weighted by Gasteiger charge is 2.29. The van der Waals surface area contributed by atoms with E-state index in [1.54, 1.807) is 0 Å². The summed E-state index contributed by atoms with van der Waals surface area (Å²) in [6, 6.07) is 0.142. The minimum absolute atomic E-state index is 0.107. The van der Waals surface area contributed by atoms with Crippen LogP contribution < -0.4 is 0 Å². The number of dihydropyridines is 1. The predicted octanol–water partition coefficient (Wildman–Crippen LogP) is 3.80. The molecule has 1 atom stereocenters. The molecule has 0 N–H and O–H groups in total. The maximum absolute atomic E-state index is 4.80. The number of nitrogens with zero attached hydrogens (tertiary/aromatic N) is 2. The van der Waals surface area contributed by atoms with Crippen LogP contribution in [-0.2, 0) is 0 Å². The average Bonchev–Trinajstić information content (AvgIpc) is 2.57. The lowest BCUT2D eigenvalue weighted by atomic mass is 9.87. The van der Waals surface area contributed by atoms with E-state index in [2.05, 4.69) is 64.8 Å². The number of rotatable bonds is 0. The van der Waals surface area contributed by atoms with Gasteiger partial charge in [0, 0.05) is 22.2 Å². The smallest absolute Gasteiger partial charge is 0.112 e. The van der Waals surface area contributed by atoms with Crippen molar-refractivity contribution in [2.24, 2.45) is 20.8 Å². The molecular weight excluding hydrogens is 208 g/mol. The maximum atomic E-state index is 4.80. The number of hydrogen-bond donors (Lipinski definition) is 0. The van der Waals surface area contributed by atoms with Gasteiger partial charge in [0.1, 0.15) is 6.04 Å². The Labute approximate surface area is 104 Å². The molecule has 0 amide bonds. The zero-order valence-corrected chi connectivity index (χ0v) is 11.7. The molecule has 0 fully saturated rings. The average molecular weight is 230 g/mol. The largest absolute Gasteiger partial charge is 0.275 e. The van der Waals surface area contributed by atoms with E-state index in [0.717, 1.165) is 17.1 Å². The van der Waals surface area contributed by atoms with Gasteiger partial charge in [-0.15, -0.1) is 0 Å². The zero-order chi connectivity index (χ0) is 12.8. The van der Waals surface area contributed by atoms with Crippen LogP contribution in [0, 0.1) is 10.8 Å². The first kappa shape index (κ1) is 12.3. The van der Waals surface area contributed by atoms with E-state index in [1.807, 2.05) is 0 Å². The van der Waals surface area contributed by atoms with Crippen LogP contribution in [-0.4, -0.2) is 17.5 Å². The fraction of sp³-hybridized carbons (Fsp3) is 0.600. The molecule has 0 spiro atoms. The lowest BCUT2D eigenvalue weighted by Crippen LogP contribution is -2.26. The molecule has 2 nitrogen and oxygen atoms in total. The van der Waals surface area contributed by atoms with Crippen LogP contribution >= 0.6 is 0 Å². The molecule has 0 aliphatic carbocycles. The van der Waals surface area contributed by atoms with Gasteiger partial charge in [-0.05, 0) is 18.2 Å². The first-order valence-corrected chi connectivity index (χ1v) is 6.25. The number of allylic oxidation sites excluding steroid dienone is 2. The summed E-state index contributed by atoms with van der Waals surface area (Å²) in [6.07, 6.45) is 6.42. The highest BCUT2D eigenvalue weighted by molar-refractivity contribution is 6.13. The molecule has 17 heavy (non-hydrogen) atoms. The van der Waals surface area contributed by atoms with Crippen LogP contribution in [0.2, 0.25) is 0 Å². The van der Waals surface area contributed by atoms with Gasteiger partial charge in [0.15, 0.2) is 0 Å². The third-order valence-corrected chi connectivity index (χ3v) is 3.10. The van der Waals surface area contributed by atoms with Gasteiger partial charge in [-0.25, -0.2) is 0 Å². The predicted molar refractivity (Wildman–Crippen MR) is 74.8 cm³/mol. The minimum atomic E-state index is 0.107. The topological polar surface area (TPSA) is 24.7 Å². The van der Waals surface area contributed by atoms with Gasteiger partial charge in [-0.3, -0.25) is 9.98 Å². The van der Waals surface area contributed by atoms with Crippen molar-refractivity contribution in [2.45, 2.75) is 47.6 Å². The molecule has 0 aromatic rings. The molecule has 0 saturated heterocycles. The molecule has 2 heterocycles. The van der Waals surface area contributed by atoms with Crippen molar-refractivity contribution in [3.63, 3.8) is 0 Å². The second-order valence-corrected chi connectivity index (χ2v) is 6.88. The van der Waals surface area contributed by atoms with Gasteiger partial charge < -0.3 is 0 Å². The summed E-state index contributed by atoms with van der Waals surface area (Å²) in [6.45, 7) is 13.2. The molecule has 92 valence electrons. The van der Waals surface area contributed by atoms with E-state index < -0.39 is 0 Å². The highest BCUT2D eigenvalue weighted by atomic mass is 14.9. The third-order valence-electron chi connectivity index (χ3n) is 3.10. The normalized spacial score (nSPS) is 24.1. The third kappa shape index (κ3) is 2.41. The maximum Gasteiger partial charge on any atom is 0.112 e. The highest BCUT2D eigenvalue weighted by Crippen LogP contribution is 2.33. The Kier molecular flexibility index (Phi) is 2.64. The molecule has 0 bridgehead atoms. The Morgan fingerprint density at radius 3 is 2.12 bits per heavy atom. The molecular formula is C15H22N2. The summed E-state index contributed by atoms with van der Waals surface area (Å²) in [4.78, 5) is 9.48. The van der Waals surface area contributed by atoms with Gasteiger partial charge in [-0.1, -0.05) is 41.5 Å². The van der Waals surface area contributed by atoms with Crippen molar-refractivity contribution in [3.8, 4) is 0 Å². The molecule has 2 aliphatic heterocycles. The molecule has 0 aromatic heterocycles. The Morgan fingerprint density at radius 1 is 0.941 bits per heavy atom. The molecule has 2 aliphatic rings. The summed E-state index contributed by atoms with van der Waals surface area (Å²) in [5.74, 6) is 0. The lowest BCUT2D eigenvalue weighted by molar-refractivity contribution is 0.499. The molecule has 0 aromatic carbocycles. The van der Waals surface area contributed by atoms with Crippen LogP contribution in [0.5, 0.6) is 0 Å². The summed E-state index contributed by atoms with van der Waals surface area (Å²) < 4.78 is 0. The van der Waals surface area contributed by atoms with E-state index in [0.29, 0.717) is 0 Å². The second kappa shape index (κ2) is 3.66. The Bertz CT molecular complexity index is 436.